The van der Waals surface area contributed by atoms with Crippen molar-refractivity contribution in [3.8, 4) is 5.75 Å². The lowest BCUT2D eigenvalue weighted by atomic mass is 9.99. The Hall–Kier alpha value is -2.34. The lowest BCUT2D eigenvalue weighted by Crippen LogP contribution is -2.48. The van der Waals surface area contributed by atoms with Crippen LogP contribution in [0.1, 0.15) is 31.2 Å². The summed E-state index contributed by atoms with van der Waals surface area (Å²) < 4.78 is 7.79. The molecule has 1 unspecified atom stereocenters. The number of hydrogen-bond donors (Lipinski definition) is 0. The molecule has 3 heterocycles. The molecule has 1 amide bonds. The van der Waals surface area contributed by atoms with Crippen molar-refractivity contribution in [1.29, 1.82) is 0 Å². The maximum atomic E-state index is 13.1. The monoisotopic (exact) mass is 368 g/mol. The van der Waals surface area contributed by atoms with Gasteiger partial charge in [-0.2, -0.15) is 5.10 Å². The van der Waals surface area contributed by atoms with Gasteiger partial charge < -0.3 is 9.64 Å². The standard InChI is InChI=1S/C21H28N4O2/c26-21(17-23-14-15-27-20-8-2-1-6-18(20)16-23)25-12-4-3-7-19(25)9-13-24-11-5-10-22-24/h1-2,5-6,8,10-11,19H,3-4,7,9,12-17H2. The second kappa shape index (κ2) is 8.57. The van der Waals surface area contributed by atoms with Crippen LogP contribution in [0.2, 0.25) is 0 Å². The summed E-state index contributed by atoms with van der Waals surface area (Å²) >= 11 is 0. The van der Waals surface area contributed by atoms with Gasteiger partial charge in [-0.15, -0.1) is 0 Å². The quantitative estimate of drug-likeness (QED) is 0.814. The van der Waals surface area contributed by atoms with Crippen LogP contribution < -0.4 is 4.74 Å². The fourth-order valence-electron chi connectivity index (χ4n) is 4.14. The highest BCUT2D eigenvalue weighted by atomic mass is 16.5. The van der Waals surface area contributed by atoms with Crippen molar-refractivity contribution in [3.05, 3.63) is 48.3 Å². The molecule has 6 nitrogen and oxygen atoms in total. The molecule has 1 atom stereocenters. The van der Waals surface area contributed by atoms with Crippen LogP contribution in [-0.4, -0.2) is 57.8 Å². The number of carbonyl (C=O) groups is 1. The highest BCUT2D eigenvalue weighted by Crippen LogP contribution is 2.24. The predicted molar refractivity (Wildman–Crippen MR) is 103 cm³/mol. The van der Waals surface area contributed by atoms with Crippen LogP contribution >= 0.6 is 0 Å². The van der Waals surface area contributed by atoms with Gasteiger partial charge in [-0.25, -0.2) is 0 Å². The molecule has 27 heavy (non-hydrogen) atoms. The first kappa shape index (κ1) is 18.0. The van der Waals surface area contributed by atoms with E-state index < -0.39 is 0 Å². The number of aromatic nitrogens is 2. The van der Waals surface area contributed by atoms with Crippen LogP contribution in [0, 0.1) is 0 Å². The van der Waals surface area contributed by atoms with E-state index in [9.17, 15) is 4.79 Å². The summed E-state index contributed by atoms with van der Waals surface area (Å²) in [5, 5.41) is 4.29. The van der Waals surface area contributed by atoms with E-state index in [4.69, 9.17) is 4.74 Å². The van der Waals surface area contributed by atoms with Crippen LogP contribution in [0.4, 0.5) is 0 Å². The third-order valence-electron chi connectivity index (χ3n) is 5.59. The molecule has 1 fully saturated rings. The van der Waals surface area contributed by atoms with Crippen molar-refractivity contribution >= 4 is 5.91 Å². The molecule has 1 aromatic carbocycles. The first-order valence-corrected chi connectivity index (χ1v) is 9.99. The summed E-state index contributed by atoms with van der Waals surface area (Å²) in [6.45, 7) is 4.40. The van der Waals surface area contributed by atoms with Crippen molar-refractivity contribution in [1.82, 2.24) is 19.6 Å². The normalized spacial score (nSPS) is 20.6. The molecule has 0 bridgehead atoms. The van der Waals surface area contributed by atoms with Crippen molar-refractivity contribution in [2.75, 3.05) is 26.2 Å². The van der Waals surface area contributed by atoms with E-state index in [1.54, 1.807) is 0 Å². The number of benzene rings is 1. The van der Waals surface area contributed by atoms with Crippen molar-refractivity contribution < 1.29 is 9.53 Å². The summed E-state index contributed by atoms with van der Waals surface area (Å²) in [6.07, 6.45) is 8.18. The number of para-hydroxylation sites is 1. The lowest BCUT2D eigenvalue weighted by molar-refractivity contribution is -0.136. The van der Waals surface area contributed by atoms with Crippen LogP contribution in [0.25, 0.3) is 0 Å². The lowest BCUT2D eigenvalue weighted by Gasteiger charge is -2.37. The number of likely N-dealkylation sites (tertiary alicyclic amines) is 1. The van der Waals surface area contributed by atoms with Crippen LogP contribution in [0.15, 0.2) is 42.7 Å². The molecule has 0 aliphatic carbocycles. The van der Waals surface area contributed by atoms with Gasteiger partial charge in [0.1, 0.15) is 12.4 Å². The topological polar surface area (TPSA) is 50.6 Å². The number of ether oxygens (including phenoxy) is 1. The smallest absolute Gasteiger partial charge is 0.237 e. The maximum Gasteiger partial charge on any atom is 0.237 e. The Balaban J connectivity index is 1.37. The number of fused-ring (bicyclic) bond motifs is 1. The van der Waals surface area contributed by atoms with E-state index >= 15 is 0 Å². The van der Waals surface area contributed by atoms with Gasteiger partial charge in [0, 0.05) is 50.2 Å². The van der Waals surface area contributed by atoms with Gasteiger partial charge in [-0.3, -0.25) is 14.4 Å². The minimum absolute atomic E-state index is 0.250. The number of carbonyl (C=O) groups excluding carboxylic acids is 1. The Morgan fingerprint density at radius 2 is 2.11 bits per heavy atom. The summed E-state index contributed by atoms with van der Waals surface area (Å²) in [6, 6.07) is 10.4. The predicted octanol–water partition coefficient (Wildman–Crippen LogP) is 2.55. The van der Waals surface area contributed by atoms with E-state index in [-0.39, 0.29) is 5.91 Å². The largest absolute Gasteiger partial charge is 0.492 e. The molecule has 0 saturated carbocycles. The number of amides is 1. The third kappa shape index (κ3) is 4.50. The van der Waals surface area contributed by atoms with Crippen molar-refractivity contribution in [3.63, 3.8) is 0 Å². The zero-order valence-electron chi connectivity index (χ0n) is 15.8. The van der Waals surface area contributed by atoms with E-state index in [0.717, 1.165) is 56.8 Å². The fourth-order valence-corrected chi connectivity index (χ4v) is 4.14. The average molecular weight is 368 g/mol. The zero-order valence-corrected chi connectivity index (χ0v) is 15.8. The van der Waals surface area contributed by atoms with E-state index in [0.29, 0.717) is 19.2 Å². The highest BCUT2D eigenvalue weighted by molar-refractivity contribution is 5.78. The summed E-state index contributed by atoms with van der Waals surface area (Å²) in [7, 11) is 0. The van der Waals surface area contributed by atoms with Crippen LogP contribution in [0.3, 0.4) is 0 Å². The maximum absolute atomic E-state index is 13.1. The Morgan fingerprint density at radius 3 is 3.00 bits per heavy atom. The van der Waals surface area contributed by atoms with E-state index in [1.165, 1.54) is 6.42 Å². The number of rotatable bonds is 5. The van der Waals surface area contributed by atoms with Gasteiger partial charge >= 0.3 is 0 Å². The first-order valence-electron chi connectivity index (χ1n) is 9.99. The summed E-state index contributed by atoms with van der Waals surface area (Å²) in [5.41, 5.74) is 1.16. The molecule has 144 valence electrons. The Kier molecular flexibility index (Phi) is 5.72. The van der Waals surface area contributed by atoms with Gasteiger partial charge in [-0.1, -0.05) is 18.2 Å². The molecule has 0 spiro atoms. The molecule has 4 rings (SSSR count). The molecule has 0 N–H and O–H groups in total. The zero-order chi connectivity index (χ0) is 18.5. The van der Waals surface area contributed by atoms with Gasteiger partial charge in [0.25, 0.3) is 0 Å². The van der Waals surface area contributed by atoms with Gasteiger partial charge in [0.2, 0.25) is 5.91 Å². The second-order valence-electron chi connectivity index (χ2n) is 7.46. The highest BCUT2D eigenvalue weighted by Gasteiger charge is 2.28. The molecular weight excluding hydrogens is 340 g/mol. The minimum Gasteiger partial charge on any atom is -0.492 e. The molecular formula is C21H28N4O2. The molecule has 0 radical (unpaired) electrons. The SMILES string of the molecule is O=C(CN1CCOc2ccccc2C1)N1CCCCC1CCn1cccn1. The number of piperidine rings is 1. The van der Waals surface area contributed by atoms with Crippen LogP contribution in [-0.2, 0) is 17.9 Å². The molecule has 2 aromatic rings. The number of nitrogens with zero attached hydrogens (tertiary/aromatic N) is 4. The Labute approximate surface area is 160 Å². The summed E-state index contributed by atoms with van der Waals surface area (Å²) in [4.78, 5) is 17.4. The van der Waals surface area contributed by atoms with E-state index in [1.807, 2.05) is 41.3 Å². The Morgan fingerprint density at radius 1 is 1.19 bits per heavy atom. The molecule has 1 saturated heterocycles. The minimum atomic E-state index is 0.250. The number of aryl methyl sites for hydroxylation is 1. The molecule has 1 aromatic heterocycles. The molecule has 2 aliphatic rings. The van der Waals surface area contributed by atoms with Crippen molar-refractivity contribution in [2.24, 2.45) is 0 Å². The van der Waals surface area contributed by atoms with Crippen LogP contribution in [0.5, 0.6) is 5.75 Å². The van der Waals surface area contributed by atoms with Gasteiger partial charge in [0.15, 0.2) is 0 Å². The second-order valence-corrected chi connectivity index (χ2v) is 7.46. The summed E-state index contributed by atoms with van der Waals surface area (Å²) in [5.74, 6) is 1.20. The third-order valence-corrected chi connectivity index (χ3v) is 5.59. The fraction of sp³-hybridized carbons (Fsp3) is 0.524. The van der Waals surface area contributed by atoms with Gasteiger partial charge in [0.05, 0.1) is 6.54 Å². The average Bonchev–Trinajstić information content (AvgIpc) is 3.13. The Bertz CT molecular complexity index is 746. The van der Waals surface area contributed by atoms with Crippen molar-refractivity contribution in [2.45, 2.75) is 44.8 Å². The van der Waals surface area contributed by atoms with E-state index in [2.05, 4.69) is 21.0 Å². The first-order chi connectivity index (χ1) is 13.3. The molecule has 2 aliphatic heterocycles. The number of hydrogen-bond acceptors (Lipinski definition) is 4. The molecule has 6 heteroatoms. The van der Waals surface area contributed by atoms with Gasteiger partial charge in [-0.05, 0) is 37.8 Å².